The van der Waals surface area contributed by atoms with Gasteiger partial charge in [-0.05, 0) is 31.4 Å². The minimum atomic E-state index is -0.593. The number of rotatable bonds is 6. The van der Waals surface area contributed by atoms with Gasteiger partial charge < -0.3 is 15.5 Å². The molecule has 2 rings (SSSR count). The van der Waals surface area contributed by atoms with Crippen molar-refractivity contribution in [3.05, 3.63) is 48.6 Å². The molecular formula is C19H25N3O3. The Bertz CT molecular complexity index is 622. The number of carbonyl (C=O) groups excluding carboxylic acids is 3. The second-order valence-electron chi connectivity index (χ2n) is 6.24. The van der Waals surface area contributed by atoms with Crippen LogP contribution in [0.3, 0.4) is 0 Å². The minimum Gasteiger partial charge on any atom is -0.350 e. The lowest BCUT2D eigenvalue weighted by atomic mass is 9.95. The van der Waals surface area contributed by atoms with Crippen molar-refractivity contribution in [2.24, 2.45) is 5.92 Å². The van der Waals surface area contributed by atoms with Crippen molar-refractivity contribution in [2.45, 2.75) is 32.4 Å². The molecule has 1 saturated heterocycles. The lowest BCUT2D eigenvalue weighted by molar-refractivity contribution is -0.134. The third kappa shape index (κ3) is 5.45. The Kier molecular flexibility index (Phi) is 6.74. The van der Waals surface area contributed by atoms with E-state index in [-0.39, 0.29) is 23.6 Å². The molecule has 6 heteroatoms. The van der Waals surface area contributed by atoms with Crippen molar-refractivity contribution in [1.82, 2.24) is 15.5 Å². The Morgan fingerprint density at radius 2 is 1.88 bits per heavy atom. The smallest absolute Gasteiger partial charge is 0.245 e. The number of carbonyl (C=O) groups is 3. The Labute approximate surface area is 148 Å². The summed E-state index contributed by atoms with van der Waals surface area (Å²) in [7, 11) is 0. The maximum Gasteiger partial charge on any atom is 0.245 e. The molecule has 1 heterocycles. The van der Waals surface area contributed by atoms with Crippen molar-refractivity contribution in [2.75, 3.05) is 13.1 Å². The van der Waals surface area contributed by atoms with Crippen molar-refractivity contribution in [3.8, 4) is 0 Å². The molecule has 134 valence electrons. The molecule has 1 aromatic carbocycles. The number of nitrogens with one attached hydrogen (secondary N) is 2. The van der Waals surface area contributed by atoms with Crippen molar-refractivity contribution in [3.63, 3.8) is 0 Å². The van der Waals surface area contributed by atoms with Gasteiger partial charge in [0.15, 0.2) is 0 Å². The quantitative estimate of drug-likeness (QED) is 0.763. The first-order chi connectivity index (χ1) is 12.0. The first kappa shape index (κ1) is 18.7. The van der Waals surface area contributed by atoms with Gasteiger partial charge in [0.2, 0.25) is 17.7 Å². The number of likely N-dealkylation sites (tertiary alicyclic amines) is 1. The van der Waals surface area contributed by atoms with Crippen LogP contribution in [-0.4, -0.2) is 41.8 Å². The number of hydrogen-bond donors (Lipinski definition) is 2. The van der Waals surface area contributed by atoms with Crippen LogP contribution in [0.4, 0.5) is 0 Å². The highest BCUT2D eigenvalue weighted by atomic mass is 16.2. The number of piperidine rings is 1. The Balaban J connectivity index is 1.75. The summed E-state index contributed by atoms with van der Waals surface area (Å²) in [5, 5.41) is 5.59. The fraction of sp³-hybridized carbons (Fsp3) is 0.421. The van der Waals surface area contributed by atoms with Crippen LogP contribution in [0, 0.1) is 5.92 Å². The molecule has 1 atom stereocenters. The van der Waals surface area contributed by atoms with E-state index in [0.29, 0.717) is 32.5 Å². The Hall–Kier alpha value is -2.63. The van der Waals surface area contributed by atoms with Crippen LogP contribution in [0.5, 0.6) is 0 Å². The van der Waals surface area contributed by atoms with Crippen molar-refractivity contribution >= 4 is 17.7 Å². The number of nitrogens with zero attached hydrogens (tertiary/aromatic N) is 1. The summed E-state index contributed by atoms with van der Waals surface area (Å²) in [6, 6.07) is 9.02. The molecule has 1 aliphatic rings. The van der Waals surface area contributed by atoms with Gasteiger partial charge in [-0.3, -0.25) is 14.4 Å². The highest BCUT2D eigenvalue weighted by molar-refractivity contribution is 5.89. The highest BCUT2D eigenvalue weighted by Gasteiger charge is 2.28. The van der Waals surface area contributed by atoms with Gasteiger partial charge in [0.05, 0.1) is 0 Å². The Morgan fingerprint density at radius 1 is 1.24 bits per heavy atom. The molecule has 0 aliphatic carbocycles. The summed E-state index contributed by atoms with van der Waals surface area (Å²) < 4.78 is 0. The standard InChI is InChI=1S/C19H25N3O3/c1-3-17(23)22-11-9-16(10-12-22)19(25)21-14(2)18(24)20-13-15-7-5-4-6-8-15/h3-8,14,16H,1,9-13H2,2H3,(H,20,24)(H,21,25). The molecule has 0 saturated carbocycles. The van der Waals surface area contributed by atoms with E-state index >= 15 is 0 Å². The minimum absolute atomic E-state index is 0.104. The third-order valence-electron chi connectivity index (χ3n) is 4.41. The SMILES string of the molecule is C=CC(=O)N1CCC(C(=O)NC(C)C(=O)NCc2ccccc2)CC1. The third-order valence-corrected chi connectivity index (χ3v) is 4.41. The molecule has 0 aromatic heterocycles. The average molecular weight is 343 g/mol. The summed E-state index contributed by atoms with van der Waals surface area (Å²) in [5.74, 6) is -0.615. The average Bonchev–Trinajstić information content (AvgIpc) is 2.66. The van der Waals surface area contributed by atoms with Crippen LogP contribution in [0.15, 0.2) is 43.0 Å². The van der Waals surface area contributed by atoms with E-state index in [2.05, 4.69) is 17.2 Å². The maximum absolute atomic E-state index is 12.3. The maximum atomic E-state index is 12.3. The van der Waals surface area contributed by atoms with E-state index in [1.165, 1.54) is 6.08 Å². The van der Waals surface area contributed by atoms with Crippen LogP contribution in [0.1, 0.15) is 25.3 Å². The lowest BCUT2D eigenvalue weighted by Crippen LogP contribution is -2.48. The zero-order valence-corrected chi connectivity index (χ0v) is 14.5. The van der Waals surface area contributed by atoms with Gasteiger partial charge in [-0.25, -0.2) is 0 Å². The fourth-order valence-corrected chi connectivity index (χ4v) is 2.83. The largest absolute Gasteiger partial charge is 0.350 e. The van der Waals surface area contributed by atoms with E-state index in [0.717, 1.165) is 5.56 Å². The number of amides is 3. The van der Waals surface area contributed by atoms with Gasteiger partial charge in [-0.2, -0.15) is 0 Å². The van der Waals surface area contributed by atoms with Crippen molar-refractivity contribution in [1.29, 1.82) is 0 Å². The summed E-state index contributed by atoms with van der Waals surface area (Å²) in [4.78, 5) is 37.7. The van der Waals surface area contributed by atoms with Gasteiger partial charge in [0, 0.05) is 25.6 Å². The first-order valence-corrected chi connectivity index (χ1v) is 8.54. The molecule has 25 heavy (non-hydrogen) atoms. The normalized spacial score (nSPS) is 16.0. The summed E-state index contributed by atoms with van der Waals surface area (Å²) in [6.45, 7) is 6.66. The molecule has 0 bridgehead atoms. The molecule has 0 spiro atoms. The second kappa shape index (κ2) is 9.01. The number of hydrogen-bond acceptors (Lipinski definition) is 3. The lowest BCUT2D eigenvalue weighted by Gasteiger charge is -2.31. The van der Waals surface area contributed by atoms with Crippen LogP contribution in [-0.2, 0) is 20.9 Å². The monoisotopic (exact) mass is 343 g/mol. The molecule has 2 N–H and O–H groups in total. The predicted octanol–water partition coefficient (Wildman–Crippen LogP) is 1.23. The zero-order chi connectivity index (χ0) is 18.2. The van der Waals surface area contributed by atoms with E-state index in [1.54, 1.807) is 11.8 Å². The van der Waals surface area contributed by atoms with Gasteiger partial charge in [0.1, 0.15) is 6.04 Å². The molecular weight excluding hydrogens is 318 g/mol. The van der Waals surface area contributed by atoms with Gasteiger partial charge in [-0.15, -0.1) is 0 Å². The van der Waals surface area contributed by atoms with Gasteiger partial charge in [-0.1, -0.05) is 36.9 Å². The van der Waals surface area contributed by atoms with Gasteiger partial charge in [0.25, 0.3) is 0 Å². The van der Waals surface area contributed by atoms with E-state index in [4.69, 9.17) is 0 Å². The molecule has 0 radical (unpaired) electrons. The zero-order valence-electron chi connectivity index (χ0n) is 14.5. The molecule has 1 unspecified atom stereocenters. The van der Waals surface area contributed by atoms with Crippen LogP contribution in [0.25, 0.3) is 0 Å². The van der Waals surface area contributed by atoms with Crippen LogP contribution in [0.2, 0.25) is 0 Å². The first-order valence-electron chi connectivity index (χ1n) is 8.54. The number of benzene rings is 1. The molecule has 1 fully saturated rings. The molecule has 6 nitrogen and oxygen atoms in total. The van der Waals surface area contributed by atoms with E-state index in [9.17, 15) is 14.4 Å². The topological polar surface area (TPSA) is 78.5 Å². The summed E-state index contributed by atoms with van der Waals surface area (Å²) >= 11 is 0. The van der Waals surface area contributed by atoms with Crippen molar-refractivity contribution < 1.29 is 14.4 Å². The van der Waals surface area contributed by atoms with Crippen LogP contribution >= 0.6 is 0 Å². The van der Waals surface area contributed by atoms with Crippen LogP contribution < -0.4 is 10.6 Å². The highest BCUT2D eigenvalue weighted by Crippen LogP contribution is 2.17. The molecule has 1 aromatic rings. The van der Waals surface area contributed by atoms with E-state index in [1.807, 2.05) is 30.3 Å². The summed E-state index contributed by atoms with van der Waals surface area (Å²) in [6.07, 6.45) is 2.49. The second-order valence-corrected chi connectivity index (χ2v) is 6.24. The Morgan fingerprint density at radius 3 is 2.48 bits per heavy atom. The fourth-order valence-electron chi connectivity index (χ4n) is 2.83. The molecule has 3 amide bonds. The molecule has 1 aliphatic heterocycles. The predicted molar refractivity (Wildman–Crippen MR) is 95.4 cm³/mol. The summed E-state index contributed by atoms with van der Waals surface area (Å²) in [5.41, 5.74) is 1.01. The van der Waals surface area contributed by atoms with E-state index < -0.39 is 6.04 Å². The van der Waals surface area contributed by atoms with Gasteiger partial charge >= 0.3 is 0 Å².